The van der Waals surface area contributed by atoms with Crippen LogP contribution >= 0.6 is 12.2 Å². The van der Waals surface area contributed by atoms with Crippen LogP contribution in [0.2, 0.25) is 0 Å². The van der Waals surface area contributed by atoms with E-state index < -0.39 is 17.6 Å². The summed E-state index contributed by atoms with van der Waals surface area (Å²) >= 11 is 5.22. The lowest BCUT2D eigenvalue weighted by molar-refractivity contribution is -0.137. The monoisotopic (exact) mass is 451 g/mol. The fourth-order valence-electron chi connectivity index (χ4n) is 3.32. The van der Waals surface area contributed by atoms with E-state index in [2.05, 4.69) is 15.5 Å². The van der Waals surface area contributed by atoms with Crippen LogP contribution in [0.3, 0.4) is 0 Å². The molecule has 4 N–H and O–H groups in total. The van der Waals surface area contributed by atoms with Gasteiger partial charge in [-0.1, -0.05) is 6.07 Å². The maximum atomic E-state index is 13.7. The van der Waals surface area contributed by atoms with Gasteiger partial charge in [0.05, 0.1) is 5.56 Å². The van der Waals surface area contributed by atoms with E-state index in [-0.39, 0.29) is 17.3 Å². The highest BCUT2D eigenvalue weighted by Gasteiger charge is 2.35. The Bertz CT molecular complexity index is 941. The minimum atomic E-state index is -4.45. The first-order chi connectivity index (χ1) is 14.6. The summed E-state index contributed by atoms with van der Waals surface area (Å²) in [6.07, 6.45) is -4.45. The Labute approximate surface area is 184 Å². The van der Waals surface area contributed by atoms with Crippen LogP contribution in [0, 0.1) is 0 Å². The molecule has 0 saturated carbocycles. The summed E-state index contributed by atoms with van der Waals surface area (Å²) in [6, 6.07) is 10.8. The number of amides is 1. The van der Waals surface area contributed by atoms with Crippen LogP contribution in [0.4, 0.5) is 24.5 Å². The highest BCUT2D eigenvalue weighted by Crippen LogP contribution is 2.37. The van der Waals surface area contributed by atoms with Crippen molar-refractivity contribution in [2.75, 3.05) is 43.4 Å². The van der Waals surface area contributed by atoms with Crippen molar-refractivity contribution >= 4 is 34.6 Å². The topological polar surface area (TPSA) is 73.6 Å². The van der Waals surface area contributed by atoms with Crippen LogP contribution in [0.5, 0.6) is 0 Å². The molecule has 1 fully saturated rings. The van der Waals surface area contributed by atoms with Gasteiger partial charge in [-0.25, -0.2) is 0 Å². The molecule has 0 unspecified atom stereocenters. The number of nitrogens with zero attached hydrogens (tertiary/aromatic N) is 2. The first kappa shape index (κ1) is 22.8. The van der Waals surface area contributed by atoms with E-state index in [0.29, 0.717) is 29.9 Å². The highest BCUT2D eigenvalue weighted by atomic mass is 32.1. The smallest absolute Gasteiger partial charge is 0.368 e. The lowest BCUT2D eigenvalue weighted by Crippen LogP contribution is -2.45. The number of halogens is 3. The Morgan fingerprint density at radius 2 is 1.74 bits per heavy atom. The SMILES string of the molecule is CN1CCN(c2ccc(CNC(=S)Nc3ccc(C(N)=O)cc3)cc2C(F)(F)F)CC1. The Hall–Kier alpha value is -2.85. The van der Waals surface area contributed by atoms with Gasteiger partial charge in [0.2, 0.25) is 5.91 Å². The van der Waals surface area contributed by atoms with Gasteiger partial charge < -0.3 is 26.2 Å². The predicted molar refractivity (Wildman–Crippen MR) is 119 cm³/mol. The molecule has 1 aliphatic rings. The zero-order valence-corrected chi connectivity index (χ0v) is 17.8. The van der Waals surface area contributed by atoms with E-state index in [9.17, 15) is 18.0 Å². The summed E-state index contributed by atoms with van der Waals surface area (Å²) < 4.78 is 41.1. The first-order valence-electron chi connectivity index (χ1n) is 9.72. The molecular formula is C21H24F3N5OS. The van der Waals surface area contributed by atoms with E-state index in [1.165, 1.54) is 12.1 Å². The molecule has 0 radical (unpaired) electrons. The van der Waals surface area contributed by atoms with Gasteiger partial charge in [0, 0.05) is 49.7 Å². The average Bonchev–Trinajstić information content (AvgIpc) is 2.72. The first-order valence-corrected chi connectivity index (χ1v) is 10.1. The molecule has 3 rings (SSSR count). The number of carbonyl (C=O) groups excluding carboxylic acids is 1. The van der Waals surface area contributed by atoms with Crippen LogP contribution in [0.25, 0.3) is 0 Å². The number of alkyl halides is 3. The Morgan fingerprint density at radius 1 is 1.10 bits per heavy atom. The molecule has 0 bridgehead atoms. The number of benzene rings is 2. The van der Waals surface area contributed by atoms with Crippen molar-refractivity contribution in [2.45, 2.75) is 12.7 Å². The maximum absolute atomic E-state index is 13.7. The normalized spacial score (nSPS) is 14.9. The lowest BCUT2D eigenvalue weighted by Gasteiger charge is -2.35. The molecule has 2 aromatic carbocycles. The van der Waals surface area contributed by atoms with Crippen LogP contribution in [0.1, 0.15) is 21.5 Å². The molecule has 1 aliphatic heterocycles. The van der Waals surface area contributed by atoms with Crippen molar-refractivity contribution in [3.8, 4) is 0 Å². The molecule has 10 heteroatoms. The standard InChI is InChI=1S/C21H24F3N5OS/c1-28-8-10-29(11-9-28)18-7-2-14(12-17(18)21(22,23)24)13-26-20(31)27-16-5-3-15(4-6-16)19(25)30/h2-7,12H,8-11,13H2,1H3,(H2,25,30)(H2,26,27,31). The second-order valence-electron chi connectivity index (χ2n) is 7.39. The molecule has 166 valence electrons. The second-order valence-corrected chi connectivity index (χ2v) is 7.80. The van der Waals surface area contributed by atoms with Crippen LogP contribution in [0.15, 0.2) is 42.5 Å². The van der Waals surface area contributed by atoms with Crippen molar-refractivity contribution < 1.29 is 18.0 Å². The third-order valence-electron chi connectivity index (χ3n) is 5.09. The largest absolute Gasteiger partial charge is 0.418 e. The summed E-state index contributed by atoms with van der Waals surface area (Å²) in [4.78, 5) is 15.0. The summed E-state index contributed by atoms with van der Waals surface area (Å²) in [5, 5.41) is 6.09. The molecule has 1 amide bonds. The van der Waals surface area contributed by atoms with Crippen LogP contribution in [-0.2, 0) is 12.7 Å². The number of piperazine rings is 1. The van der Waals surface area contributed by atoms with Gasteiger partial charge in [-0.3, -0.25) is 4.79 Å². The van der Waals surface area contributed by atoms with E-state index in [1.54, 1.807) is 35.2 Å². The van der Waals surface area contributed by atoms with Gasteiger partial charge in [-0.15, -0.1) is 0 Å². The van der Waals surface area contributed by atoms with Gasteiger partial charge in [0.1, 0.15) is 0 Å². The molecule has 0 atom stereocenters. The zero-order chi connectivity index (χ0) is 22.6. The van der Waals surface area contributed by atoms with Gasteiger partial charge >= 0.3 is 6.18 Å². The van der Waals surface area contributed by atoms with Crippen molar-refractivity contribution in [2.24, 2.45) is 5.73 Å². The number of thiocarbonyl (C=S) groups is 1. The van der Waals surface area contributed by atoms with Gasteiger partial charge in [-0.05, 0) is 61.2 Å². The van der Waals surface area contributed by atoms with Crippen molar-refractivity contribution in [1.82, 2.24) is 10.2 Å². The van der Waals surface area contributed by atoms with E-state index in [1.807, 2.05) is 7.05 Å². The minimum Gasteiger partial charge on any atom is -0.368 e. The molecule has 1 saturated heterocycles. The molecule has 0 aliphatic carbocycles. The number of rotatable bonds is 5. The lowest BCUT2D eigenvalue weighted by atomic mass is 10.1. The number of likely N-dealkylation sites (N-methyl/N-ethyl adjacent to an activating group) is 1. The van der Waals surface area contributed by atoms with E-state index >= 15 is 0 Å². The van der Waals surface area contributed by atoms with Gasteiger partial charge in [-0.2, -0.15) is 13.2 Å². The maximum Gasteiger partial charge on any atom is 0.418 e. The summed E-state index contributed by atoms with van der Waals surface area (Å²) in [5.41, 5.74) is 6.23. The van der Waals surface area contributed by atoms with Gasteiger partial charge in [0.25, 0.3) is 0 Å². The van der Waals surface area contributed by atoms with E-state index in [4.69, 9.17) is 18.0 Å². The fraction of sp³-hybridized carbons (Fsp3) is 0.333. The quantitative estimate of drug-likeness (QED) is 0.607. The minimum absolute atomic E-state index is 0.136. The van der Waals surface area contributed by atoms with Gasteiger partial charge in [0.15, 0.2) is 5.11 Å². The second kappa shape index (κ2) is 9.52. The Kier molecular flexibility index (Phi) is 7.01. The van der Waals surface area contributed by atoms with Crippen LogP contribution < -0.4 is 21.3 Å². The number of hydrogen-bond donors (Lipinski definition) is 3. The van der Waals surface area contributed by atoms with Crippen molar-refractivity contribution in [1.29, 1.82) is 0 Å². The third kappa shape index (κ3) is 6.08. The number of nitrogens with one attached hydrogen (secondary N) is 2. The number of hydrogen-bond acceptors (Lipinski definition) is 4. The Balaban J connectivity index is 1.65. The molecule has 2 aromatic rings. The molecule has 6 nitrogen and oxygen atoms in total. The van der Waals surface area contributed by atoms with Crippen LogP contribution in [-0.4, -0.2) is 49.1 Å². The number of anilines is 2. The average molecular weight is 452 g/mol. The number of carbonyl (C=O) groups is 1. The predicted octanol–water partition coefficient (Wildman–Crippen LogP) is 3.04. The molecule has 31 heavy (non-hydrogen) atoms. The summed E-state index contributed by atoms with van der Waals surface area (Å²) in [6.45, 7) is 2.69. The zero-order valence-electron chi connectivity index (χ0n) is 17.0. The molecule has 0 aromatic heterocycles. The van der Waals surface area contributed by atoms with Crippen molar-refractivity contribution in [3.63, 3.8) is 0 Å². The van der Waals surface area contributed by atoms with E-state index in [0.717, 1.165) is 13.1 Å². The number of primary amides is 1. The highest BCUT2D eigenvalue weighted by molar-refractivity contribution is 7.80. The molecule has 0 spiro atoms. The fourth-order valence-corrected chi connectivity index (χ4v) is 3.51. The Morgan fingerprint density at radius 3 is 2.32 bits per heavy atom. The number of nitrogens with two attached hydrogens (primary N) is 1. The summed E-state index contributed by atoms with van der Waals surface area (Å²) in [7, 11) is 1.96. The molecule has 1 heterocycles. The van der Waals surface area contributed by atoms with Crippen molar-refractivity contribution in [3.05, 3.63) is 59.2 Å². The molecular weight excluding hydrogens is 427 g/mol. The third-order valence-corrected chi connectivity index (χ3v) is 5.34. The summed E-state index contributed by atoms with van der Waals surface area (Å²) in [5.74, 6) is -0.534.